The quantitative estimate of drug-likeness (QED) is 0.444. The molecule has 2 aromatic rings. The highest BCUT2D eigenvalue weighted by molar-refractivity contribution is 7.85. The van der Waals surface area contributed by atoms with Crippen molar-refractivity contribution in [2.24, 2.45) is 0 Å². The van der Waals surface area contributed by atoms with Crippen molar-refractivity contribution >= 4 is 10.8 Å². The fourth-order valence-corrected chi connectivity index (χ4v) is 4.65. The van der Waals surface area contributed by atoms with Gasteiger partial charge in [-0.3, -0.25) is 0 Å². The number of benzene rings is 2. The van der Waals surface area contributed by atoms with Crippen LogP contribution in [0.2, 0.25) is 0 Å². The molecule has 0 saturated carbocycles. The number of rotatable bonds is 10. The summed E-state index contributed by atoms with van der Waals surface area (Å²) in [5.41, 5.74) is 1.30. The number of phenols is 2. The van der Waals surface area contributed by atoms with E-state index in [0.29, 0.717) is 45.6 Å². The lowest BCUT2D eigenvalue weighted by Gasteiger charge is -2.10. The maximum atomic E-state index is 13.0. The van der Waals surface area contributed by atoms with Crippen molar-refractivity contribution in [3.63, 3.8) is 0 Å². The Morgan fingerprint density at radius 3 is 1.57 bits per heavy atom. The minimum absolute atomic E-state index is 0.0134. The Labute approximate surface area is 168 Å². The van der Waals surface area contributed by atoms with Crippen LogP contribution < -0.4 is 9.47 Å². The first-order valence-corrected chi connectivity index (χ1v) is 11.1. The van der Waals surface area contributed by atoms with Crippen LogP contribution in [0, 0.1) is 0 Å². The fraction of sp³-hybridized carbons (Fsp3) is 0.455. The first-order chi connectivity index (χ1) is 13.6. The Bertz CT molecular complexity index is 793. The molecule has 152 valence electrons. The third-order valence-electron chi connectivity index (χ3n) is 4.82. The van der Waals surface area contributed by atoms with Crippen LogP contribution in [0.3, 0.4) is 0 Å². The molecule has 1 aliphatic rings. The van der Waals surface area contributed by atoms with E-state index >= 15 is 0 Å². The van der Waals surface area contributed by atoms with Crippen LogP contribution in [0.5, 0.6) is 23.0 Å². The molecular formula is C22H28O5S. The van der Waals surface area contributed by atoms with Gasteiger partial charge in [0.25, 0.3) is 0 Å². The second-order valence-electron chi connectivity index (χ2n) is 7.01. The summed E-state index contributed by atoms with van der Waals surface area (Å²) in [5.74, 6) is 0.714. The standard InChI is InChI=1S/C22H28O5S/c1-3-5-7-9-26-19-13-21-15(11-17(19)23)16-12-18(24)20(14-22(16)28(21)25)27-10-8-6-4-2/h11-14,23-24H,3-10H2,1-2H3. The zero-order chi connectivity index (χ0) is 20.1. The number of hydrogen-bond acceptors (Lipinski definition) is 5. The van der Waals surface area contributed by atoms with Crippen molar-refractivity contribution in [3.8, 4) is 34.1 Å². The maximum absolute atomic E-state index is 13.0. The van der Waals surface area contributed by atoms with Gasteiger partial charge >= 0.3 is 0 Å². The lowest BCUT2D eigenvalue weighted by molar-refractivity contribution is 0.289. The molecule has 0 aromatic heterocycles. The average Bonchev–Trinajstić information content (AvgIpc) is 2.93. The molecule has 0 spiro atoms. The van der Waals surface area contributed by atoms with E-state index in [9.17, 15) is 14.4 Å². The molecular weight excluding hydrogens is 376 g/mol. The lowest BCUT2D eigenvalue weighted by atomic mass is 10.0. The molecule has 5 nitrogen and oxygen atoms in total. The zero-order valence-corrected chi connectivity index (χ0v) is 17.3. The van der Waals surface area contributed by atoms with Gasteiger partial charge in [-0.15, -0.1) is 0 Å². The molecule has 1 heterocycles. The third kappa shape index (κ3) is 4.27. The van der Waals surface area contributed by atoms with Gasteiger partial charge in [0.2, 0.25) is 0 Å². The van der Waals surface area contributed by atoms with Gasteiger partial charge in [0.15, 0.2) is 23.0 Å². The first-order valence-electron chi connectivity index (χ1n) is 9.98. The van der Waals surface area contributed by atoms with Gasteiger partial charge < -0.3 is 19.7 Å². The molecule has 0 bridgehead atoms. The molecule has 0 amide bonds. The highest BCUT2D eigenvalue weighted by Crippen LogP contribution is 2.48. The summed E-state index contributed by atoms with van der Waals surface area (Å²) in [6.07, 6.45) is 6.11. The molecule has 0 aliphatic carbocycles. The van der Waals surface area contributed by atoms with Gasteiger partial charge in [0.1, 0.15) is 0 Å². The first kappa shape index (κ1) is 20.5. The fourth-order valence-electron chi connectivity index (χ4n) is 3.25. The maximum Gasteiger partial charge on any atom is 0.162 e. The van der Waals surface area contributed by atoms with E-state index in [2.05, 4.69) is 13.8 Å². The minimum Gasteiger partial charge on any atom is -0.504 e. The Hall–Kier alpha value is -2.21. The van der Waals surface area contributed by atoms with Gasteiger partial charge in [-0.05, 0) is 25.0 Å². The second kappa shape index (κ2) is 9.32. The molecule has 0 fully saturated rings. The van der Waals surface area contributed by atoms with Crippen LogP contribution in [0.25, 0.3) is 11.1 Å². The van der Waals surface area contributed by atoms with Crippen molar-refractivity contribution in [2.75, 3.05) is 13.2 Å². The van der Waals surface area contributed by atoms with Crippen LogP contribution >= 0.6 is 0 Å². The number of aromatic hydroxyl groups is 2. The van der Waals surface area contributed by atoms with Gasteiger partial charge in [0.05, 0.1) is 33.8 Å². The molecule has 0 atom stereocenters. The molecule has 0 saturated heterocycles. The Balaban J connectivity index is 1.83. The predicted molar refractivity (Wildman–Crippen MR) is 110 cm³/mol. The molecule has 1 aliphatic heterocycles. The van der Waals surface area contributed by atoms with E-state index in [1.807, 2.05) is 0 Å². The number of unbranched alkanes of at least 4 members (excludes halogenated alkanes) is 4. The van der Waals surface area contributed by atoms with E-state index in [1.54, 1.807) is 24.3 Å². The van der Waals surface area contributed by atoms with E-state index in [4.69, 9.17) is 9.47 Å². The van der Waals surface area contributed by atoms with E-state index in [1.165, 1.54) is 0 Å². The van der Waals surface area contributed by atoms with E-state index < -0.39 is 10.8 Å². The summed E-state index contributed by atoms with van der Waals surface area (Å²) < 4.78 is 24.4. The normalized spacial score (nSPS) is 12.6. The molecule has 2 aromatic carbocycles. The van der Waals surface area contributed by atoms with Crippen LogP contribution in [0.1, 0.15) is 52.4 Å². The highest BCUT2D eigenvalue weighted by atomic mass is 32.2. The van der Waals surface area contributed by atoms with Crippen LogP contribution in [0.15, 0.2) is 34.1 Å². The molecule has 6 heteroatoms. The Morgan fingerprint density at radius 1 is 0.750 bits per heavy atom. The third-order valence-corrected chi connectivity index (χ3v) is 6.30. The molecule has 2 N–H and O–H groups in total. The van der Waals surface area contributed by atoms with Crippen molar-refractivity contribution in [1.82, 2.24) is 0 Å². The summed E-state index contributed by atoms with van der Waals surface area (Å²) >= 11 is 0. The van der Waals surface area contributed by atoms with Gasteiger partial charge in [0, 0.05) is 23.3 Å². The van der Waals surface area contributed by atoms with E-state index in [0.717, 1.165) is 38.5 Å². The summed E-state index contributed by atoms with van der Waals surface area (Å²) in [7, 11) is -1.41. The SMILES string of the molecule is CCCCCOc1cc2c(cc1O)-c1cc(O)c(OCCCCC)cc1S2=O. The van der Waals surface area contributed by atoms with Crippen LogP contribution in [0.4, 0.5) is 0 Å². The summed E-state index contributed by atoms with van der Waals surface area (Å²) in [4.78, 5) is 1.17. The number of ether oxygens (including phenoxy) is 2. The molecule has 0 unspecified atom stereocenters. The topological polar surface area (TPSA) is 76.0 Å². The lowest BCUT2D eigenvalue weighted by Crippen LogP contribution is -1.98. The van der Waals surface area contributed by atoms with Crippen molar-refractivity contribution < 1.29 is 23.9 Å². The van der Waals surface area contributed by atoms with Gasteiger partial charge in [-0.2, -0.15) is 0 Å². The van der Waals surface area contributed by atoms with Crippen LogP contribution in [-0.4, -0.2) is 27.6 Å². The van der Waals surface area contributed by atoms with Gasteiger partial charge in [-0.25, -0.2) is 4.21 Å². The Kier molecular flexibility index (Phi) is 6.83. The highest BCUT2D eigenvalue weighted by Gasteiger charge is 2.29. The molecule has 3 rings (SSSR count). The molecule has 0 radical (unpaired) electrons. The number of fused-ring (bicyclic) bond motifs is 3. The van der Waals surface area contributed by atoms with Crippen LogP contribution in [-0.2, 0) is 10.8 Å². The summed E-state index contributed by atoms with van der Waals surface area (Å²) in [6, 6.07) is 6.42. The second-order valence-corrected chi connectivity index (χ2v) is 8.43. The summed E-state index contributed by atoms with van der Waals surface area (Å²) in [5, 5.41) is 20.6. The number of phenolic OH excluding ortho intramolecular Hbond substituents is 2. The zero-order valence-electron chi connectivity index (χ0n) is 16.5. The average molecular weight is 405 g/mol. The van der Waals surface area contributed by atoms with Crippen molar-refractivity contribution in [2.45, 2.75) is 62.2 Å². The monoisotopic (exact) mass is 404 g/mol. The van der Waals surface area contributed by atoms with E-state index in [-0.39, 0.29) is 11.5 Å². The smallest absolute Gasteiger partial charge is 0.162 e. The molecule has 28 heavy (non-hydrogen) atoms. The Morgan fingerprint density at radius 2 is 1.18 bits per heavy atom. The van der Waals surface area contributed by atoms with Crippen molar-refractivity contribution in [1.29, 1.82) is 0 Å². The predicted octanol–water partition coefficient (Wildman–Crippen LogP) is 5.38. The van der Waals surface area contributed by atoms with Crippen molar-refractivity contribution in [3.05, 3.63) is 24.3 Å². The number of hydrogen-bond donors (Lipinski definition) is 2. The minimum atomic E-state index is -1.41. The summed E-state index contributed by atoms with van der Waals surface area (Å²) in [6.45, 7) is 5.25. The van der Waals surface area contributed by atoms with Gasteiger partial charge in [-0.1, -0.05) is 39.5 Å². The largest absolute Gasteiger partial charge is 0.504 e.